The zero-order valence-electron chi connectivity index (χ0n) is 13.2. The molecule has 3 aromatic heterocycles. The number of hydrogen-bond acceptors (Lipinski definition) is 7. The molecule has 1 aliphatic rings. The van der Waals surface area contributed by atoms with Crippen LogP contribution in [0.4, 0.5) is 0 Å². The molecule has 0 amide bonds. The summed E-state index contributed by atoms with van der Waals surface area (Å²) in [7, 11) is 0. The van der Waals surface area contributed by atoms with Gasteiger partial charge in [0.25, 0.3) is 10.8 Å². The molecule has 8 heteroatoms. The number of thioether (sulfide) groups is 1. The second-order valence-corrected chi connectivity index (χ2v) is 7.93. The molecule has 0 spiro atoms. The van der Waals surface area contributed by atoms with Gasteiger partial charge in [-0.3, -0.25) is 9.36 Å². The van der Waals surface area contributed by atoms with Gasteiger partial charge in [-0.2, -0.15) is 0 Å². The van der Waals surface area contributed by atoms with Gasteiger partial charge < -0.3 is 4.42 Å². The molecule has 0 N–H and O–H groups in total. The van der Waals surface area contributed by atoms with Crippen LogP contribution in [0.5, 0.6) is 0 Å². The first kappa shape index (κ1) is 15.6. The van der Waals surface area contributed by atoms with Crippen LogP contribution in [-0.2, 0) is 19.4 Å². The molecule has 0 saturated carbocycles. The topological polar surface area (TPSA) is 73.8 Å². The summed E-state index contributed by atoms with van der Waals surface area (Å²) >= 11 is 3.08. The fourth-order valence-corrected chi connectivity index (χ4v) is 4.67. The summed E-state index contributed by atoms with van der Waals surface area (Å²) in [6.45, 7) is 6.04. The van der Waals surface area contributed by atoms with Crippen molar-refractivity contribution in [3.8, 4) is 0 Å². The van der Waals surface area contributed by atoms with Crippen LogP contribution in [0.3, 0.4) is 0 Å². The van der Waals surface area contributed by atoms with E-state index in [-0.39, 0.29) is 12.1 Å². The van der Waals surface area contributed by atoms with E-state index in [1.54, 1.807) is 22.2 Å². The molecule has 0 fully saturated rings. The molecule has 124 valence electrons. The Morgan fingerprint density at radius 1 is 1.46 bits per heavy atom. The monoisotopic (exact) mass is 360 g/mol. The van der Waals surface area contributed by atoms with Crippen molar-refractivity contribution in [2.45, 2.75) is 38.0 Å². The van der Waals surface area contributed by atoms with Gasteiger partial charge in [0.1, 0.15) is 11.4 Å². The third-order valence-electron chi connectivity index (χ3n) is 3.89. The van der Waals surface area contributed by atoms with E-state index in [9.17, 15) is 4.79 Å². The van der Waals surface area contributed by atoms with E-state index in [2.05, 4.69) is 21.8 Å². The van der Waals surface area contributed by atoms with Crippen molar-refractivity contribution in [1.82, 2.24) is 19.7 Å². The first-order chi connectivity index (χ1) is 11.6. The summed E-state index contributed by atoms with van der Waals surface area (Å²) in [4.78, 5) is 19.4. The summed E-state index contributed by atoms with van der Waals surface area (Å²) in [5, 5.41) is 9.28. The second-order valence-electron chi connectivity index (χ2n) is 5.92. The third kappa shape index (κ3) is 2.80. The molecule has 0 aliphatic heterocycles. The first-order valence-corrected chi connectivity index (χ1v) is 9.51. The largest absolute Gasteiger partial charge is 0.414 e. The molecule has 3 aromatic rings. The molecule has 0 saturated heterocycles. The maximum atomic E-state index is 12.8. The van der Waals surface area contributed by atoms with Gasteiger partial charge in [-0.05, 0) is 31.7 Å². The maximum absolute atomic E-state index is 12.8. The number of nitrogens with zero attached hydrogens (tertiary/aromatic N) is 4. The van der Waals surface area contributed by atoms with Crippen LogP contribution in [0.2, 0.25) is 0 Å². The zero-order valence-corrected chi connectivity index (χ0v) is 14.9. The van der Waals surface area contributed by atoms with Crippen molar-refractivity contribution >= 4 is 33.3 Å². The number of aryl methyl sites for hydroxylation is 2. The molecular weight excluding hydrogens is 344 g/mol. The SMILES string of the molecule is C=C(C)CSc1nnc(Cn2cnc3sc4c(c3c2=O)CCC4)o1. The van der Waals surface area contributed by atoms with Crippen LogP contribution in [0.25, 0.3) is 10.2 Å². The number of aromatic nitrogens is 4. The fourth-order valence-electron chi connectivity index (χ4n) is 2.82. The lowest BCUT2D eigenvalue weighted by atomic mass is 10.2. The van der Waals surface area contributed by atoms with E-state index >= 15 is 0 Å². The van der Waals surface area contributed by atoms with E-state index in [0.717, 1.165) is 40.8 Å². The molecule has 0 atom stereocenters. The Balaban J connectivity index is 1.62. The molecule has 3 heterocycles. The fraction of sp³-hybridized carbons (Fsp3) is 0.375. The van der Waals surface area contributed by atoms with Crippen molar-refractivity contribution in [2.24, 2.45) is 0 Å². The van der Waals surface area contributed by atoms with E-state index in [1.807, 2.05) is 6.92 Å². The molecule has 0 unspecified atom stereocenters. The highest BCUT2D eigenvalue weighted by atomic mass is 32.2. The average molecular weight is 360 g/mol. The van der Waals surface area contributed by atoms with Crippen molar-refractivity contribution in [3.05, 3.63) is 45.2 Å². The van der Waals surface area contributed by atoms with Crippen molar-refractivity contribution < 1.29 is 4.42 Å². The Bertz CT molecular complexity index is 986. The highest BCUT2D eigenvalue weighted by molar-refractivity contribution is 7.99. The number of thiophene rings is 1. The molecule has 0 radical (unpaired) electrons. The summed E-state index contributed by atoms with van der Waals surface area (Å²) < 4.78 is 7.14. The van der Waals surface area contributed by atoms with Crippen molar-refractivity contribution in [3.63, 3.8) is 0 Å². The van der Waals surface area contributed by atoms with E-state index in [0.29, 0.717) is 11.1 Å². The van der Waals surface area contributed by atoms with Crippen LogP contribution in [0.15, 0.2) is 32.9 Å². The van der Waals surface area contributed by atoms with Crippen LogP contribution < -0.4 is 5.56 Å². The Morgan fingerprint density at radius 2 is 2.33 bits per heavy atom. The van der Waals surface area contributed by atoms with Gasteiger partial charge >= 0.3 is 0 Å². The Morgan fingerprint density at radius 3 is 3.17 bits per heavy atom. The summed E-state index contributed by atoms with van der Waals surface area (Å²) in [5.41, 5.74) is 2.20. The number of fused-ring (bicyclic) bond motifs is 3. The highest BCUT2D eigenvalue weighted by Gasteiger charge is 2.21. The molecule has 1 aliphatic carbocycles. The van der Waals surface area contributed by atoms with Gasteiger partial charge in [0.15, 0.2) is 0 Å². The lowest BCUT2D eigenvalue weighted by Gasteiger charge is -2.02. The summed E-state index contributed by atoms with van der Waals surface area (Å²) in [6.07, 6.45) is 4.72. The minimum atomic E-state index is -0.0197. The molecule has 4 rings (SSSR count). The smallest absolute Gasteiger partial charge is 0.276 e. The zero-order chi connectivity index (χ0) is 16.7. The summed E-state index contributed by atoms with van der Waals surface area (Å²) in [5.74, 6) is 1.14. The Hall–Kier alpha value is -1.93. The predicted octanol–water partition coefficient (Wildman–Crippen LogP) is 3.05. The van der Waals surface area contributed by atoms with Gasteiger partial charge in [0, 0.05) is 10.6 Å². The normalized spacial score (nSPS) is 13.5. The first-order valence-electron chi connectivity index (χ1n) is 7.71. The standard InChI is InChI=1S/C16H16N4O2S2/c1-9(2)7-23-16-19-18-12(22-16)6-20-8-17-14-13(15(20)21)10-4-3-5-11(10)24-14/h8H,1,3-7H2,2H3. The predicted molar refractivity (Wildman–Crippen MR) is 94.8 cm³/mol. The maximum Gasteiger partial charge on any atom is 0.276 e. The van der Waals surface area contributed by atoms with Gasteiger partial charge in [-0.1, -0.05) is 23.9 Å². The average Bonchev–Trinajstić information content (AvgIpc) is 3.23. The van der Waals surface area contributed by atoms with E-state index < -0.39 is 0 Å². The molecule has 6 nitrogen and oxygen atoms in total. The van der Waals surface area contributed by atoms with Crippen LogP contribution in [0, 0.1) is 0 Å². The Labute approximate surface area is 146 Å². The number of rotatable bonds is 5. The van der Waals surface area contributed by atoms with Crippen molar-refractivity contribution in [1.29, 1.82) is 0 Å². The lowest BCUT2D eigenvalue weighted by molar-refractivity contribution is 0.402. The van der Waals surface area contributed by atoms with Gasteiger partial charge in [-0.25, -0.2) is 4.98 Å². The van der Waals surface area contributed by atoms with Gasteiger partial charge in [-0.15, -0.1) is 21.5 Å². The van der Waals surface area contributed by atoms with Crippen molar-refractivity contribution in [2.75, 3.05) is 5.75 Å². The molecular formula is C16H16N4O2S2. The van der Waals surface area contributed by atoms with E-state index in [1.165, 1.54) is 22.2 Å². The second kappa shape index (κ2) is 6.18. The van der Waals surface area contributed by atoms with E-state index in [4.69, 9.17) is 4.42 Å². The summed E-state index contributed by atoms with van der Waals surface area (Å²) in [6, 6.07) is 0. The Kier molecular flexibility index (Phi) is 4.01. The van der Waals surface area contributed by atoms with Crippen LogP contribution >= 0.6 is 23.1 Å². The molecule has 0 aromatic carbocycles. The molecule has 0 bridgehead atoms. The highest BCUT2D eigenvalue weighted by Crippen LogP contribution is 2.34. The quantitative estimate of drug-likeness (QED) is 0.514. The van der Waals surface area contributed by atoms with Crippen LogP contribution in [0.1, 0.15) is 29.7 Å². The van der Waals surface area contributed by atoms with Crippen LogP contribution in [-0.4, -0.2) is 25.5 Å². The molecule has 24 heavy (non-hydrogen) atoms. The lowest BCUT2D eigenvalue weighted by Crippen LogP contribution is -2.21. The third-order valence-corrected chi connectivity index (χ3v) is 6.14. The number of hydrogen-bond donors (Lipinski definition) is 0. The minimum absolute atomic E-state index is 0.0197. The van der Waals surface area contributed by atoms with Gasteiger partial charge in [0.2, 0.25) is 5.89 Å². The minimum Gasteiger partial charge on any atom is -0.414 e. The van der Waals surface area contributed by atoms with Gasteiger partial charge in [0.05, 0.1) is 11.7 Å².